The molecule has 0 radical (unpaired) electrons. The van der Waals surface area contributed by atoms with E-state index >= 15 is 0 Å². The normalized spacial score (nSPS) is 29.2. The van der Waals surface area contributed by atoms with Crippen LogP contribution in [-0.2, 0) is 28.5 Å². The first kappa shape index (κ1) is 21.9. The summed E-state index contributed by atoms with van der Waals surface area (Å²) in [5.41, 5.74) is 5.48. The third kappa shape index (κ3) is 7.71. The monoisotopic (exact) mass is 359 g/mol. The van der Waals surface area contributed by atoms with Gasteiger partial charge < -0.3 is 24.7 Å². The van der Waals surface area contributed by atoms with Crippen molar-refractivity contribution < 1.29 is 28.5 Å². The fourth-order valence-corrected chi connectivity index (χ4v) is 2.96. The summed E-state index contributed by atoms with van der Waals surface area (Å²) in [6.45, 7) is 8.08. The molecule has 0 bridgehead atoms. The third-order valence-corrected chi connectivity index (χ3v) is 4.59. The van der Waals surface area contributed by atoms with Gasteiger partial charge in [0.1, 0.15) is 18.8 Å². The lowest BCUT2D eigenvalue weighted by atomic mass is 9.84. The number of carbonyl (C=O) groups is 2. The number of rotatable bonds is 10. The Morgan fingerprint density at radius 1 is 1.00 bits per heavy atom. The first-order chi connectivity index (χ1) is 11.9. The van der Waals surface area contributed by atoms with Crippen LogP contribution in [0, 0.1) is 11.8 Å². The molecule has 0 amide bonds. The summed E-state index contributed by atoms with van der Waals surface area (Å²) in [6, 6.07) is 0. The minimum atomic E-state index is -0.527. The number of nitrogens with two attached hydrogens (primary N) is 1. The predicted octanol–water partition coefficient (Wildman–Crippen LogP) is 2.01. The van der Waals surface area contributed by atoms with Gasteiger partial charge in [-0.3, -0.25) is 9.59 Å². The quantitative estimate of drug-likeness (QED) is 0.471. The van der Waals surface area contributed by atoms with Gasteiger partial charge in [0.25, 0.3) is 0 Å². The number of ether oxygens (including phenoxy) is 4. The number of hydrogen-bond acceptors (Lipinski definition) is 7. The van der Waals surface area contributed by atoms with Crippen molar-refractivity contribution >= 4 is 11.9 Å². The maximum absolute atomic E-state index is 11.4. The molecule has 7 heteroatoms. The van der Waals surface area contributed by atoms with E-state index in [1.807, 2.05) is 13.8 Å². The molecule has 5 unspecified atom stereocenters. The van der Waals surface area contributed by atoms with E-state index < -0.39 is 24.5 Å². The van der Waals surface area contributed by atoms with E-state index in [-0.39, 0.29) is 24.4 Å². The van der Waals surface area contributed by atoms with Crippen molar-refractivity contribution in [2.45, 2.75) is 71.9 Å². The Bertz CT molecular complexity index is 416. The molecule has 1 aliphatic rings. The summed E-state index contributed by atoms with van der Waals surface area (Å²) >= 11 is 0. The van der Waals surface area contributed by atoms with Crippen LogP contribution < -0.4 is 5.73 Å². The largest absolute Gasteiger partial charge is 0.463 e. The standard InChI is InChI=1S/C18H33NO6/c1-12-13(2)18(22-10-8-6-5-7-9-19)25-16(11-23-14(3)20)17(12)24-15(4)21/h12-13,16-18H,5-11,19H2,1-4H3. The molecule has 0 aliphatic carbocycles. The SMILES string of the molecule is CC(=O)OCC1OC(OCCCCCCN)C(C)C(C)C1OC(C)=O. The molecule has 1 aliphatic heterocycles. The van der Waals surface area contributed by atoms with E-state index in [4.69, 9.17) is 24.7 Å². The maximum atomic E-state index is 11.4. The Hall–Kier alpha value is -1.18. The Kier molecular flexibility index (Phi) is 10.0. The van der Waals surface area contributed by atoms with Crippen LogP contribution >= 0.6 is 0 Å². The van der Waals surface area contributed by atoms with Crippen molar-refractivity contribution in [3.8, 4) is 0 Å². The summed E-state index contributed by atoms with van der Waals surface area (Å²) in [6.07, 6.45) is 2.75. The first-order valence-corrected chi connectivity index (χ1v) is 9.14. The molecule has 1 fully saturated rings. The van der Waals surface area contributed by atoms with Gasteiger partial charge in [-0.2, -0.15) is 0 Å². The highest BCUT2D eigenvalue weighted by atomic mass is 16.7. The van der Waals surface area contributed by atoms with Gasteiger partial charge in [-0.1, -0.05) is 26.7 Å². The molecule has 146 valence electrons. The van der Waals surface area contributed by atoms with E-state index in [9.17, 15) is 9.59 Å². The molecular weight excluding hydrogens is 326 g/mol. The fourth-order valence-electron chi connectivity index (χ4n) is 2.96. The third-order valence-electron chi connectivity index (χ3n) is 4.59. The van der Waals surface area contributed by atoms with Gasteiger partial charge in [0.15, 0.2) is 6.29 Å². The highest BCUT2D eigenvalue weighted by Gasteiger charge is 2.44. The van der Waals surface area contributed by atoms with Crippen LogP contribution in [0.5, 0.6) is 0 Å². The van der Waals surface area contributed by atoms with E-state index in [0.29, 0.717) is 6.61 Å². The van der Waals surface area contributed by atoms with Crippen molar-refractivity contribution in [3.05, 3.63) is 0 Å². The number of hydrogen-bond donors (Lipinski definition) is 1. The zero-order valence-electron chi connectivity index (χ0n) is 15.9. The van der Waals surface area contributed by atoms with Crippen LogP contribution in [0.1, 0.15) is 53.4 Å². The van der Waals surface area contributed by atoms with E-state index in [2.05, 4.69) is 0 Å². The highest BCUT2D eigenvalue weighted by molar-refractivity contribution is 5.66. The molecule has 1 heterocycles. The smallest absolute Gasteiger partial charge is 0.303 e. The lowest BCUT2D eigenvalue weighted by Crippen LogP contribution is -2.53. The van der Waals surface area contributed by atoms with Crippen LogP contribution in [0.25, 0.3) is 0 Å². The summed E-state index contributed by atoms with van der Waals surface area (Å²) in [7, 11) is 0. The Morgan fingerprint density at radius 2 is 1.68 bits per heavy atom. The molecule has 1 rings (SSSR count). The summed E-state index contributed by atoms with van der Waals surface area (Å²) in [5, 5.41) is 0. The average molecular weight is 359 g/mol. The van der Waals surface area contributed by atoms with Crippen LogP contribution in [-0.4, -0.2) is 50.2 Å². The van der Waals surface area contributed by atoms with Gasteiger partial charge in [-0.15, -0.1) is 0 Å². The van der Waals surface area contributed by atoms with E-state index in [1.54, 1.807) is 0 Å². The Morgan fingerprint density at radius 3 is 2.28 bits per heavy atom. The van der Waals surface area contributed by atoms with Crippen molar-refractivity contribution in [2.75, 3.05) is 19.8 Å². The zero-order valence-corrected chi connectivity index (χ0v) is 15.9. The molecule has 5 atom stereocenters. The number of esters is 2. The number of unbranched alkanes of at least 4 members (excludes halogenated alkanes) is 3. The highest BCUT2D eigenvalue weighted by Crippen LogP contribution is 2.33. The minimum absolute atomic E-state index is 0.0282. The van der Waals surface area contributed by atoms with Gasteiger partial charge in [-0.05, 0) is 19.4 Å². The maximum Gasteiger partial charge on any atom is 0.303 e. The van der Waals surface area contributed by atoms with Crippen LogP contribution in [0.4, 0.5) is 0 Å². The molecule has 0 aromatic carbocycles. The van der Waals surface area contributed by atoms with Crippen molar-refractivity contribution in [3.63, 3.8) is 0 Å². The second-order valence-corrected chi connectivity index (χ2v) is 6.71. The topological polar surface area (TPSA) is 97.1 Å². The molecular formula is C18H33NO6. The van der Waals surface area contributed by atoms with Crippen LogP contribution in [0.15, 0.2) is 0 Å². The van der Waals surface area contributed by atoms with Crippen LogP contribution in [0.2, 0.25) is 0 Å². The molecule has 0 aromatic rings. The van der Waals surface area contributed by atoms with Crippen molar-refractivity contribution in [2.24, 2.45) is 17.6 Å². The summed E-state index contributed by atoms with van der Waals surface area (Å²) < 4.78 is 22.4. The molecule has 1 saturated heterocycles. The first-order valence-electron chi connectivity index (χ1n) is 9.14. The van der Waals surface area contributed by atoms with Gasteiger partial charge in [0.2, 0.25) is 0 Å². The summed E-state index contributed by atoms with van der Waals surface area (Å²) in [4.78, 5) is 22.5. The lowest BCUT2D eigenvalue weighted by molar-refractivity contribution is -0.273. The van der Waals surface area contributed by atoms with Crippen LogP contribution in [0.3, 0.4) is 0 Å². The zero-order chi connectivity index (χ0) is 18.8. The molecule has 0 saturated carbocycles. The van der Waals surface area contributed by atoms with Gasteiger partial charge in [0.05, 0.1) is 0 Å². The summed E-state index contributed by atoms with van der Waals surface area (Å²) in [5.74, 6) is -0.684. The molecule has 25 heavy (non-hydrogen) atoms. The minimum Gasteiger partial charge on any atom is -0.463 e. The molecule has 0 aromatic heterocycles. The van der Waals surface area contributed by atoms with Crippen molar-refractivity contribution in [1.29, 1.82) is 0 Å². The predicted molar refractivity (Wildman–Crippen MR) is 92.7 cm³/mol. The fraction of sp³-hybridized carbons (Fsp3) is 0.889. The van der Waals surface area contributed by atoms with Gasteiger partial charge >= 0.3 is 11.9 Å². The Labute approximate surface area is 150 Å². The molecule has 7 nitrogen and oxygen atoms in total. The van der Waals surface area contributed by atoms with Gasteiger partial charge in [0, 0.05) is 32.3 Å². The molecule has 0 spiro atoms. The Balaban J connectivity index is 2.59. The van der Waals surface area contributed by atoms with Gasteiger partial charge in [-0.25, -0.2) is 0 Å². The second kappa shape index (κ2) is 11.4. The van der Waals surface area contributed by atoms with E-state index in [1.165, 1.54) is 13.8 Å². The lowest BCUT2D eigenvalue weighted by Gasteiger charge is -2.43. The average Bonchev–Trinajstić information content (AvgIpc) is 2.55. The molecule has 2 N–H and O–H groups in total. The second-order valence-electron chi connectivity index (χ2n) is 6.71. The number of carbonyl (C=O) groups excluding carboxylic acids is 2. The van der Waals surface area contributed by atoms with E-state index in [0.717, 1.165) is 32.2 Å². The van der Waals surface area contributed by atoms with Crippen molar-refractivity contribution in [1.82, 2.24) is 0 Å².